The number of amides is 1. The molecule has 3 fully saturated rings. The molecule has 1 aromatic carbocycles. The first kappa shape index (κ1) is 17.8. The Morgan fingerprint density at radius 1 is 1.18 bits per heavy atom. The highest BCUT2D eigenvalue weighted by atomic mass is 16.5. The van der Waals surface area contributed by atoms with Gasteiger partial charge >= 0.3 is 0 Å². The van der Waals surface area contributed by atoms with Crippen LogP contribution in [-0.4, -0.2) is 21.7 Å². The highest BCUT2D eigenvalue weighted by molar-refractivity contribution is 5.96. The minimum absolute atomic E-state index is 0.0316. The van der Waals surface area contributed by atoms with Crippen LogP contribution >= 0.6 is 0 Å². The van der Waals surface area contributed by atoms with Crippen molar-refractivity contribution in [3.63, 3.8) is 0 Å². The number of nitrogens with zero attached hydrogens (tertiary/aromatic N) is 2. The summed E-state index contributed by atoms with van der Waals surface area (Å²) in [5.41, 5.74) is 1.63. The second-order valence-corrected chi connectivity index (χ2v) is 8.95. The van der Waals surface area contributed by atoms with Gasteiger partial charge in [-0.05, 0) is 54.9 Å². The molecule has 5 rings (SSSR count). The lowest BCUT2D eigenvalue weighted by molar-refractivity contribution is 0.0902. The molecular formula is C23H29N3O2. The summed E-state index contributed by atoms with van der Waals surface area (Å²) in [4.78, 5) is 13.2. The highest BCUT2D eigenvalue weighted by Gasteiger charge is 2.49. The summed E-state index contributed by atoms with van der Waals surface area (Å²) in [5.74, 6) is 3.54. The Morgan fingerprint density at radius 2 is 2.00 bits per heavy atom. The van der Waals surface area contributed by atoms with E-state index in [1.54, 1.807) is 10.9 Å². The summed E-state index contributed by atoms with van der Waals surface area (Å²) in [6, 6.07) is 10.3. The number of benzene rings is 1. The molecule has 3 bridgehead atoms. The van der Waals surface area contributed by atoms with E-state index in [4.69, 9.17) is 4.74 Å². The van der Waals surface area contributed by atoms with Gasteiger partial charge in [0.25, 0.3) is 5.91 Å². The smallest absolute Gasteiger partial charge is 0.258 e. The molecule has 1 N–H and O–H groups in total. The van der Waals surface area contributed by atoms with Crippen LogP contribution in [0, 0.1) is 23.7 Å². The van der Waals surface area contributed by atoms with Crippen molar-refractivity contribution in [2.24, 2.45) is 30.7 Å². The number of hydrogen-bond acceptors (Lipinski definition) is 3. The summed E-state index contributed by atoms with van der Waals surface area (Å²) < 4.78 is 7.64. The van der Waals surface area contributed by atoms with E-state index in [0.717, 1.165) is 17.4 Å². The SMILES string of the molecule is Cn1ncc(C(=O)NC2C3CC4CCCC2C(C4)C3)c1OCc1ccccc1. The van der Waals surface area contributed by atoms with Crippen LogP contribution in [0.3, 0.4) is 0 Å². The maximum absolute atomic E-state index is 13.2. The van der Waals surface area contributed by atoms with Crippen LogP contribution < -0.4 is 10.1 Å². The summed E-state index contributed by atoms with van der Waals surface area (Å²) >= 11 is 0. The number of nitrogens with one attached hydrogen (secondary N) is 1. The van der Waals surface area contributed by atoms with Crippen molar-refractivity contribution in [1.29, 1.82) is 0 Å². The Balaban J connectivity index is 1.31. The van der Waals surface area contributed by atoms with Crippen LogP contribution in [-0.2, 0) is 13.7 Å². The molecule has 5 atom stereocenters. The molecule has 148 valence electrons. The summed E-state index contributed by atoms with van der Waals surface area (Å²) in [7, 11) is 1.82. The standard InChI is InChI=1S/C23H29N3O2/c1-26-23(28-14-15-6-3-2-4-7-15)20(13-24-26)22(27)25-21-18-11-16-8-5-9-19(21)17(10-16)12-18/h2-4,6-7,13,16-19,21H,5,8-12,14H2,1H3,(H,25,27). The van der Waals surface area contributed by atoms with Crippen molar-refractivity contribution in [3.8, 4) is 5.88 Å². The molecule has 1 heterocycles. The van der Waals surface area contributed by atoms with Gasteiger partial charge in [-0.15, -0.1) is 0 Å². The zero-order valence-corrected chi connectivity index (χ0v) is 16.5. The highest BCUT2D eigenvalue weighted by Crippen LogP contribution is 2.53. The predicted octanol–water partition coefficient (Wildman–Crippen LogP) is 3.94. The van der Waals surface area contributed by atoms with Crippen molar-refractivity contribution >= 4 is 5.91 Å². The van der Waals surface area contributed by atoms with E-state index >= 15 is 0 Å². The average molecular weight is 380 g/mol. The number of ether oxygens (including phenoxy) is 1. The van der Waals surface area contributed by atoms with E-state index in [0.29, 0.717) is 35.9 Å². The number of carbonyl (C=O) groups excluding carboxylic acids is 1. The monoisotopic (exact) mass is 379 g/mol. The Hall–Kier alpha value is -2.30. The third kappa shape index (κ3) is 3.21. The maximum Gasteiger partial charge on any atom is 0.258 e. The molecule has 3 aliphatic rings. The van der Waals surface area contributed by atoms with Gasteiger partial charge in [-0.2, -0.15) is 5.10 Å². The third-order valence-corrected chi connectivity index (χ3v) is 7.25. The number of carbonyl (C=O) groups is 1. The molecule has 5 heteroatoms. The number of aromatic nitrogens is 2. The molecule has 0 spiro atoms. The van der Waals surface area contributed by atoms with Crippen LogP contribution in [0.25, 0.3) is 0 Å². The fourth-order valence-electron chi connectivity index (χ4n) is 6.05. The Labute approximate surface area is 166 Å². The zero-order valence-electron chi connectivity index (χ0n) is 16.5. The van der Waals surface area contributed by atoms with Crippen molar-refractivity contribution in [2.45, 2.75) is 51.2 Å². The third-order valence-electron chi connectivity index (χ3n) is 7.25. The molecule has 3 saturated carbocycles. The second kappa shape index (κ2) is 7.26. The molecule has 5 unspecified atom stereocenters. The molecule has 0 aliphatic heterocycles. The van der Waals surface area contributed by atoms with E-state index in [9.17, 15) is 4.79 Å². The van der Waals surface area contributed by atoms with Gasteiger partial charge < -0.3 is 10.1 Å². The number of rotatable bonds is 5. The molecular weight excluding hydrogens is 350 g/mol. The van der Waals surface area contributed by atoms with Crippen molar-refractivity contribution in [3.05, 3.63) is 47.7 Å². The van der Waals surface area contributed by atoms with Gasteiger partial charge in [0.15, 0.2) is 0 Å². The molecule has 1 amide bonds. The molecule has 28 heavy (non-hydrogen) atoms. The zero-order chi connectivity index (χ0) is 19.1. The average Bonchev–Trinajstić information content (AvgIpc) is 3.13. The van der Waals surface area contributed by atoms with E-state index in [1.165, 1.54) is 38.5 Å². The lowest BCUT2D eigenvalue weighted by atomic mass is 9.79. The Bertz CT molecular complexity index is 847. The van der Waals surface area contributed by atoms with Crippen LogP contribution in [0.1, 0.15) is 54.4 Å². The molecule has 2 aromatic rings. The molecule has 5 nitrogen and oxygen atoms in total. The minimum atomic E-state index is -0.0316. The first-order valence-electron chi connectivity index (χ1n) is 10.7. The predicted molar refractivity (Wildman–Crippen MR) is 107 cm³/mol. The first-order valence-corrected chi connectivity index (χ1v) is 10.7. The summed E-state index contributed by atoms with van der Waals surface area (Å²) in [6.07, 6.45) is 9.60. The van der Waals surface area contributed by atoms with Crippen molar-refractivity contribution in [1.82, 2.24) is 15.1 Å². The topological polar surface area (TPSA) is 56.2 Å². The Morgan fingerprint density at radius 3 is 2.86 bits per heavy atom. The van der Waals surface area contributed by atoms with Gasteiger partial charge in [-0.25, -0.2) is 4.68 Å². The first-order chi connectivity index (χ1) is 13.7. The lowest BCUT2D eigenvalue weighted by Crippen LogP contribution is -2.42. The van der Waals surface area contributed by atoms with Crippen molar-refractivity contribution < 1.29 is 9.53 Å². The number of aryl methyl sites for hydroxylation is 1. The van der Waals surface area contributed by atoms with Crippen LogP contribution in [0.2, 0.25) is 0 Å². The molecule has 3 aliphatic carbocycles. The summed E-state index contributed by atoms with van der Waals surface area (Å²) in [5, 5.41) is 7.69. The van der Waals surface area contributed by atoms with Gasteiger partial charge in [0.2, 0.25) is 5.88 Å². The normalized spacial score (nSPS) is 30.8. The van der Waals surface area contributed by atoms with Gasteiger partial charge in [-0.1, -0.05) is 43.2 Å². The number of fused-ring (bicyclic) bond motifs is 2. The molecule has 0 radical (unpaired) electrons. The number of hydrogen-bond donors (Lipinski definition) is 1. The lowest BCUT2D eigenvalue weighted by Gasteiger charge is -2.29. The van der Waals surface area contributed by atoms with Gasteiger partial charge in [-0.3, -0.25) is 4.79 Å². The van der Waals surface area contributed by atoms with E-state index in [-0.39, 0.29) is 5.91 Å². The van der Waals surface area contributed by atoms with E-state index < -0.39 is 0 Å². The van der Waals surface area contributed by atoms with E-state index in [2.05, 4.69) is 10.4 Å². The molecule has 0 saturated heterocycles. The van der Waals surface area contributed by atoms with Gasteiger partial charge in [0.05, 0.1) is 6.20 Å². The fraction of sp³-hybridized carbons (Fsp3) is 0.565. The maximum atomic E-state index is 13.2. The second-order valence-electron chi connectivity index (χ2n) is 8.95. The van der Waals surface area contributed by atoms with Crippen LogP contribution in [0.4, 0.5) is 0 Å². The van der Waals surface area contributed by atoms with Gasteiger partial charge in [0, 0.05) is 13.1 Å². The fourth-order valence-corrected chi connectivity index (χ4v) is 6.05. The minimum Gasteiger partial charge on any atom is -0.472 e. The summed E-state index contributed by atoms with van der Waals surface area (Å²) in [6.45, 7) is 0.430. The Kier molecular flexibility index (Phi) is 4.61. The largest absolute Gasteiger partial charge is 0.472 e. The van der Waals surface area contributed by atoms with E-state index in [1.807, 2.05) is 37.4 Å². The molecule has 1 aromatic heterocycles. The van der Waals surface area contributed by atoms with Crippen molar-refractivity contribution in [2.75, 3.05) is 0 Å². The quantitative estimate of drug-likeness (QED) is 0.856. The van der Waals surface area contributed by atoms with Gasteiger partial charge in [0.1, 0.15) is 12.2 Å². The van der Waals surface area contributed by atoms with Crippen LogP contribution in [0.15, 0.2) is 36.5 Å². The van der Waals surface area contributed by atoms with Crippen LogP contribution in [0.5, 0.6) is 5.88 Å².